The van der Waals surface area contributed by atoms with E-state index in [9.17, 15) is 27.2 Å². The lowest BCUT2D eigenvalue weighted by atomic mass is 10.1. The summed E-state index contributed by atoms with van der Waals surface area (Å²) >= 11 is 0. The summed E-state index contributed by atoms with van der Waals surface area (Å²) in [4.78, 5) is 35.0. The van der Waals surface area contributed by atoms with Crippen LogP contribution in [-0.2, 0) is 19.6 Å². The van der Waals surface area contributed by atoms with Gasteiger partial charge in [-0.05, 0) is 51.8 Å². The first-order chi connectivity index (χ1) is 13.9. The number of sulfonamides is 1. The number of nitrogens with zero attached hydrogens (tertiary/aromatic N) is 1. The standard InChI is InChI=1S/C19H26FN3O6S/c1-19(2,3)22-18(26)21-16(24)12-29-17(25)13-7-8-14(20)15(11-13)30(27,28)23-9-5-4-6-10-23/h7-8,11H,4-6,9-10,12H2,1-3H3,(H2,21,22,24,26). The summed E-state index contributed by atoms with van der Waals surface area (Å²) in [5.41, 5.74) is -0.787. The second kappa shape index (κ2) is 9.52. The molecule has 166 valence electrons. The molecule has 1 fully saturated rings. The van der Waals surface area contributed by atoms with Gasteiger partial charge in [-0.2, -0.15) is 4.31 Å². The molecule has 0 saturated carbocycles. The van der Waals surface area contributed by atoms with Crippen LogP contribution < -0.4 is 10.6 Å². The summed E-state index contributed by atoms with van der Waals surface area (Å²) in [6, 6.07) is 2.08. The highest BCUT2D eigenvalue weighted by Crippen LogP contribution is 2.24. The van der Waals surface area contributed by atoms with Gasteiger partial charge < -0.3 is 10.1 Å². The van der Waals surface area contributed by atoms with Crippen molar-refractivity contribution in [3.8, 4) is 0 Å². The number of esters is 1. The predicted octanol–water partition coefficient (Wildman–Crippen LogP) is 1.78. The van der Waals surface area contributed by atoms with E-state index >= 15 is 0 Å². The zero-order valence-corrected chi connectivity index (χ0v) is 18.0. The molecule has 0 radical (unpaired) electrons. The van der Waals surface area contributed by atoms with E-state index in [1.54, 1.807) is 20.8 Å². The lowest BCUT2D eigenvalue weighted by molar-refractivity contribution is -0.123. The number of hydrogen-bond donors (Lipinski definition) is 2. The van der Waals surface area contributed by atoms with Crippen molar-refractivity contribution >= 4 is 27.9 Å². The normalized spacial score (nSPS) is 15.3. The third-order valence-corrected chi connectivity index (χ3v) is 6.09. The number of piperidine rings is 1. The van der Waals surface area contributed by atoms with Crippen LogP contribution >= 0.6 is 0 Å². The second-order valence-electron chi connectivity index (χ2n) is 7.94. The molecule has 1 saturated heterocycles. The third kappa shape index (κ3) is 6.49. The minimum atomic E-state index is -4.09. The number of carbonyl (C=O) groups excluding carboxylic acids is 3. The Morgan fingerprint density at radius 1 is 1.13 bits per heavy atom. The molecule has 1 aliphatic rings. The molecule has 2 rings (SSSR count). The molecule has 1 heterocycles. The van der Waals surface area contributed by atoms with Gasteiger partial charge in [-0.15, -0.1) is 0 Å². The van der Waals surface area contributed by atoms with Gasteiger partial charge >= 0.3 is 12.0 Å². The van der Waals surface area contributed by atoms with Crippen molar-refractivity contribution < 1.29 is 31.9 Å². The van der Waals surface area contributed by atoms with E-state index < -0.39 is 50.8 Å². The summed E-state index contributed by atoms with van der Waals surface area (Å²) in [7, 11) is -4.09. The van der Waals surface area contributed by atoms with Gasteiger partial charge in [0.25, 0.3) is 5.91 Å². The van der Waals surface area contributed by atoms with Crippen LogP contribution in [0.2, 0.25) is 0 Å². The van der Waals surface area contributed by atoms with E-state index in [2.05, 4.69) is 5.32 Å². The van der Waals surface area contributed by atoms with Crippen molar-refractivity contribution in [1.82, 2.24) is 14.9 Å². The molecule has 2 N–H and O–H groups in total. The second-order valence-corrected chi connectivity index (χ2v) is 9.84. The molecular formula is C19H26FN3O6S. The van der Waals surface area contributed by atoms with Gasteiger partial charge in [0, 0.05) is 18.6 Å². The average molecular weight is 443 g/mol. The molecule has 0 spiro atoms. The lowest BCUT2D eigenvalue weighted by Crippen LogP contribution is -2.49. The van der Waals surface area contributed by atoms with Gasteiger partial charge in [0.1, 0.15) is 10.7 Å². The summed E-state index contributed by atoms with van der Waals surface area (Å²) in [6.45, 7) is 4.98. The van der Waals surface area contributed by atoms with Crippen LogP contribution in [-0.4, -0.2) is 55.9 Å². The zero-order valence-electron chi connectivity index (χ0n) is 17.2. The molecule has 3 amide bonds. The maximum absolute atomic E-state index is 14.2. The number of amides is 3. The average Bonchev–Trinajstić information content (AvgIpc) is 2.65. The van der Waals surface area contributed by atoms with Crippen molar-refractivity contribution in [2.45, 2.75) is 50.5 Å². The molecule has 0 aliphatic carbocycles. The predicted molar refractivity (Wildman–Crippen MR) is 106 cm³/mol. The molecule has 11 heteroatoms. The molecule has 1 aromatic carbocycles. The fraction of sp³-hybridized carbons (Fsp3) is 0.526. The lowest BCUT2D eigenvalue weighted by Gasteiger charge is -2.26. The summed E-state index contributed by atoms with van der Waals surface area (Å²) in [6.07, 6.45) is 2.26. The van der Waals surface area contributed by atoms with Crippen molar-refractivity contribution in [1.29, 1.82) is 0 Å². The van der Waals surface area contributed by atoms with E-state index in [1.807, 2.05) is 5.32 Å². The fourth-order valence-corrected chi connectivity index (χ4v) is 4.43. The van der Waals surface area contributed by atoms with E-state index in [-0.39, 0.29) is 18.7 Å². The fourth-order valence-electron chi connectivity index (χ4n) is 2.82. The van der Waals surface area contributed by atoms with E-state index in [4.69, 9.17) is 4.74 Å². The molecule has 0 unspecified atom stereocenters. The number of benzene rings is 1. The molecule has 0 atom stereocenters. The van der Waals surface area contributed by atoms with Crippen molar-refractivity contribution in [2.75, 3.05) is 19.7 Å². The largest absolute Gasteiger partial charge is 0.452 e. The molecular weight excluding hydrogens is 417 g/mol. The molecule has 9 nitrogen and oxygen atoms in total. The molecule has 0 bridgehead atoms. The van der Waals surface area contributed by atoms with Gasteiger partial charge in [-0.1, -0.05) is 6.42 Å². The van der Waals surface area contributed by atoms with E-state index in [0.717, 1.165) is 24.6 Å². The maximum Gasteiger partial charge on any atom is 0.338 e. The van der Waals surface area contributed by atoms with Crippen LogP contribution in [0.3, 0.4) is 0 Å². The smallest absolute Gasteiger partial charge is 0.338 e. The summed E-state index contributed by atoms with van der Waals surface area (Å²) in [5, 5.41) is 4.51. The number of carbonyl (C=O) groups is 3. The quantitative estimate of drug-likeness (QED) is 0.669. The SMILES string of the molecule is CC(C)(C)NC(=O)NC(=O)COC(=O)c1ccc(F)c(S(=O)(=O)N2CCCCC2)c1. The van der Waals surface area contributed by atoms with E-state index in [0.29, 0.717) is 12.8 Å². The maximum atomic E-state index is 14.2. The third-order valence-electron chi connectivity index (χ3n) is 4.18. The summed E-state index contributed by atoms with van der Waals surface area (Å²) in [5.74, 6) is -2.86. The minimum Gasteiger partial charge on any atom is -0.452 e. The van der Waals surface area contributed by atoms with E-state index in [1.165, 1.54) is 4.31 Å². The topological polar surface area (TPSA) is 122 Å². The number of urea groups is 1. The Bertz CT molecular complexity index is 921. The van der Waals surface area contributed by atoms with Crippen LogP contribution in [0.1, 0.15) is 50.4 Å². The Kier molecular flexibility index (Phi) is 7.54. The van der Waals surface area contributed by atoms with Gasteiger partial charge in [0.05, 0.1) is 5.56 Å². The van der Waals surface area contributed by atoms with Crippen LogP contribution in [0.4, 0.5) is 9.18 Å². The van der Waals surface area contributed by atoms with Gasteiger partial charge in [0.2, 0.25) is 10.0 Å². The first kappa shape index (κ1) is 23.7. The number of ether oxygens (including phenoxy) is 1. The van der Waals surface area contributed by atoms with Crippen LogP contribution in [0.15, 0.2) is 23.1 Å². The Labute approximate surface area is 175 Å². The Hall–Kier alpha value is -2.53. The number of rotatable bonds is 5. The van der Waals surface area contributed by atoms with Crippen molar-refractivity contribution in [3.05, 3.63) is 29.6 Å². The monoisotopic (exact) mass is 443 g/mol. The number of imide groups is 1. The minimum absolute atomic E-state index is 0.223. The number of halogens is 1. The zero-order chi connectivity index (χ0) is 22.5. The first-order valence-electron chi connectivity index (χ1n) is 9.49. The van der Waals surface area contributed by atoms with Gasteiger partial charge in [0.15, 0.2) is 6.61 Å². The number of nitrogens with one attached hydrogen (secondary N) is 2. The Morgan fingerprint density at radius 2 is 1.77 bits per heavy atom. The van der Waals surface area contributed by atoms with Gasteiger partial charge in [-0.3, -0.25) is 10.1 Å². The van der Waals surface area contributed by atoms with Crippen LogP contribution in [0.5, 0.6) is 0 Å². The summed E-state index contributed by atoms with van der Waals surface area (Å²) < 4.78 is 45.6. The number of hydrogen-bond acceptors (Lipinski definition) is 6. The van der Waals surface area contributed by atoms with Crippen molar-refractivity contribution in [2.24, 2.45) is 0 Å². The Morgan fingerprint density at radius 3 is 2.37 bits per heavy atom. The van der Waals surface area contributed by atoms with Crippen LogP contribution in [0.25, 0.3) is 0 Å². The molecule has 0 aromatic heterocycles. The van der Waals surface area contributed by atoms with Gasteiger partial charge in [-0.25, -0.2) is 22.4 Å². The highest BCUT2D eigenvalue weighted by molar-refractivity contribution is 7.89. The molecule has 1 aliphatic heterocycles. The molecule has 1 aromatic rings. The first-order valence-corrected chi connectivity index (χ1v) is 10.9. The van der Waals surface area contributed by atoms with Crippen molar-refractivity contribution in [3.63, 3.8) is 0 Å². The highest BCUT2D eigenvalue weighted by atomic mass is 32.2. The van der Waals surface area contributed by atoms with Crippen LogP contribution in [0, 0.1) is 5.82 Å². The Balaban J connectivity index is 2.04. The molecule has 30 heavy (non-hydrogen) atoms. The highest BCUT2D eigenvalue weighted by Gasteiger charge is 2.29.